The number of likely N-dealkylation sites (tertiary alicyclic amines) is 1. The first-order chi connectivity index (χ1) is 23.7. The minimum absolute atomic E-state index is 0.0202. The Morgan fingerprint density at radius 1 is 1.02 bits per heavy atom. The molecule has 4 aromatic rings. The molecule has 3 aromatic carbocycles. The summed E-state index contributed by atoms with van der Waals surface area (Å²) in [5.41, 5.74) is 4.54. The number of aromatic amines is 1. The largest absolute Gasteiger partial charge is 0.497 e. The molecule has 2 N–H and O–H groups in total. The molecule has 49 heavy (non-hydrogen) atoms. The number of nitrogens with zero attached hydrogens (tertiary/aromatic N) is 3. The maximum Gasteiger partial charge on any atom is 0.253 e. The number of H-pyrrole nitrogens is 1. The molecule has 0 bridgehead atoms. The van der Waals surface area contributed by atoms with Crippen LogP contribution in [0.25, 0.3) is 10.9 Å². The van der Waals surface area contributed by atoms with Gasteiger partial charge < -0.3 is 29.7 Å². The lowest BCUT2D eigenvalue weighted by Gasteiger charge is -2.37. The van der Waals surface area contributed by atoms with Crippen molar-refractivity contribution < 1.29 is 19.1 Å². The minimum Gasteiger partial charge on any atom is -0.497 e. The summed E-state index contributed by atoms with van der Waals surface area (Å²) in [4.78, 5) is 50.4. The number of para-hydroxylation sites is 1. The van der Waals surface area contributed by atoms with E-state index in [2.05, 4.69) is 15.2 Å². The lowest BCUT2D eigenvalue weighted by molar-refractivity contribution is -0.127. The van der Waals surface area contributed by atoms with E-state index in [0.29, 0.717) is 55.4 Å². The molecular formula is C39H46ClN5O4. The second kappa shape index (κ2) is 15.5. The number of piperidine rings is 1. The van der Waals surface area contributed by atoms with Crippen molar-refractivity contribution in [2.24, 2.45) is 11.8 Å². The Hall–Kier alpha value is -4.34. The van der Waals surface area contributed by atoms with E-state index in [-0.39, 0.29) is 23.6 Å². The molecule has 1 fully saturated rings. The van der Waals surface area contributed by atoms with Gasteiger partial charge in [-0.2, -0.15) is 0 Å². The Morgan fingerprint density at radius 2 is 1.78 bits per heavy atom. The van der Waals surface area contributed by atoms with Crippen LogP contribution < -0.4 is 15.0 Å². The van der Waals surface area contributed by atoms with Gasteiger partial charge in [0.05, 0.1) is 7.11 Å². The number of rotatable bonds is 11. The highest BCUT2D eigenvalue weighted by atomic mass is 35.5. The molecule has 258 valence electrons. The van der Waals surface area contributed by atoms with E-state index < -0.39 is 6.04 Å². The summed E-state index contributed by atoms with van der Waals surface area (Å²) in [7, 11) is 5.69. The van der Waals surface area contributed by atoms with Gasteiger partial charge >= 0.3 is 0 Å². The predicted molar refractivity (Wildman–Crippen MR) is 194 cm³/mol. The maximum absolute atomic E-state index is 14.5. The molecule has 1 saturated heterocycles. The summed E-state index contributed by atoms with van der Waals surface area (Å²) in [5.74, 6) is 1.06. The van der Waals surface area contributed by atoms with Gasteiger partial charge in [0, 0.05) is 72.4 Å². The fourth-order valence-electron chi connectivity index (χ4n) is 7.41. The number of benzene rings is 3. The summed E-state index contributed by atoms with van der Waals surface area (Å²) < 4.78 is 5.21. The van der Waals surface area contributed by atoms with Crippen LogP contribution in [0.1, 0.15) is 47.2 Å². The number of hydrogen-bond acceptors (Lipinski definition) is 5. The van der Waals surface area contributed by atoms with Gasteiger partial charge in [-0.05, 0) is 111 Å². The number of hydrogen-bond donors (Lipinski definition) is 2. The number of aromatic nitrogens is 1. The van der Waals surface area contributed by atoms with E-state index in [1.807, 2.05) is 72.6 Å². The third kappa shape index (κ3) is 8.28. The third-order valence-corrected chi connectivity index (χ3v) is 10.2. The summed E-state index contributed by atoms with van der Waals surface area (Å²) >= 11 is 6.40. The van der Waals surface area contributed by atoms with Crippen LogP contribution in [0, 0.1) is 11.8 Å². The standard InChI is InChI=1S/C39H46ClN5O4/c1-43(2)24-27-20-29-21-31(40)11-14-36(29)45(25-27)39(48)35(22-30-23-41-34-7-5-4-6-33(30)34)42-37(46)15-8-26-16-18-44(19-17-26)38(47)28-9-12-32(49-3)13-10-28/h4-7,9-14,21,23,26-27,35,41H,8,15-20,22,24-25H2,1-3H3,(H,42,46)/t27-,35-/m1/s1. The number of fused-ring (bicyclic) bond motifs is 2. The zero-order valence-corrected chi connectivity index (χ0v) is 29.3. The number of ether oxygens (including phenoxy) is 1. The first kappa shape index (κ1) is 34.5. The monoisotopic (exact) mass is 683 g/mol. The van der Waals surface area contributed by atoms with Gasteiger partial charge in [-0.25, -0.2) is 0 Å². The van der Waals surface area contributed by atoms with E-state index in [0.717, 1.165) is 59.3 Å². The van der Waals surface area contributed by atoms with Crippen LogP contribution in [0.2, 0.25) is 5.02 Å². The Balaban J connectivity index is 1.13. The SMILES string of the molecule is COc1ccc(C(=O)N2CCC(CCC(=O)N[C@H](Cc3c[nH]c4ccccc34)C(=O)N3C[C@@H](CN(C)C)Cc4cc(Cl)ccc43)CC2)cc1. The third-order valence-electron chi connectivity index (χ3n) is 9.92. The predicted octanol–water partition coefficient (Wildman–Crippen LogP) is 5.96. The van der Waals surface area contributed by atoms with Crippen LogP contribution in [-0.2, 0) is 22.4 Å². The van der Waals surface area contributed by atoms with Gasteiger partial charge in [0.15, 0.2) is 0 Å². The molecule has 0 radical (unpaired) electrons. The van der Waals surface area contributed by atoms with E-state index in [1.54, 1.807) is 31.4 Å². The van der Waals surface area contributed by atoms with Gasteiger partial charge in [0.1, 0.15) is 11.8 Å². The molecule has 6 rings (SSSR count). The summed E-state index contributed by atoms with van der Waals surface area (Å²) in [5, 5.41) is 4.85. The first-order valence-corrected chi connectivity index (χ1v) is 17.6. The highest BCUT2D eigenvalue weighted by Gasteiger charge is 2.34. The van der Waals surface area contributed by atoms with Crippen LogP contribution in [-0.4, -0.2) is 85.9 Å². The zero-order chi connectivity index (χ0) is 34.5. The highest BCUT2D eigenvalue weighted by molar-refractivity contribution is 6.30. The van der Waals surface area contributed by atoms with Crippen molar-refractivity contribution in [3.8, 4) is 5.75 Å². The molecule has 0 spiro atoms. The Labute approximate surface area is 293 Å². The highest BCUT2D eigenvalue weighted by Crippen LogP contribution is 2.33. The van der Waals surface area contributed by atoms with Crippen molar-refractivity contribution in [1.82, 2.24) is 20.1 Å². The van der Waals surface area contributed by atoms with E-state index >= 15 is 0 Å². The average Bonchev–Trinajstić information content (AvgIpc) is 3.52. The molecule has 0 unspecified atom stereocenters. The first-order valence-electron chi connectivity index (χ1n) is 17.2. The van der Waals surface area contributed by atoms with Crippen LogP contribution in [0.15, 0.2) is 72.9 Å². The van der Waals surface area contributed by atoms with Crippen LogP contribution in [0.5, 0.6) is 5.75 Å². The minimum atomic E-state index is -0.739. The molecule has 2 atom stereocenters. The van der Waals surface area contributed by atoms with E-state index in [4.69, 9.17) is 16.3 Å². The van der Waals surface area contributed by atoms with Gasteiger partial charge in [0.25, 0.3) is 5.91 Å². The van der Waals surface area contributed by atoms with Crippen molar-refractivity contribution in [1.29, 1.82) is 0 Å². The molecule has 2 aliphatic heterocycles. The summed E-state index contributed by atoms with van der Waals surface area (Å²) in [6.07, 6.45) is 5.86. The maximum atomic E-state index is 14.5. The quantitative estimate of drug-likeness (QED) is 0.204. The van der Waals surface area contributed by atoms with Crippen LogP contribution in [0.4, 0.5) is 5.69 Å². The molecule has 9 nitrogen and oxygen atoms in total. The molecule has 2 aliphatic rings. The lowest BCUT2D eigenvalue weighted by atomic mass is 9.90. The molecular weight excluding hydrogens is 638 g/mol. The fourth-order valence-corrected chi connectivity index (χ4v) is 7.61. The lowest BCUT2D eigenvalue weighted by Crippen LogP contribution is -2.53. The zero-order valence-electron chi connectivity index (χ0n) is 28.6. The molecule has 3 amide bonds. The van der Waals surface area contributed by atoms with E-state index in [9.17, 15) is 14.4 Å². The van der Waals surface area contributed by atoms with Crippen LogP contribution in [0.3, 0.4) is 0 Å². The Kier molecular flexibility index (Phi) is 10.9. The molecule has 0 saturated carbocycles. The van der Waals surface area contributed by atoms with Crippen molar-refractivity contribution in [3.63, 3.8) is 0 Å². The van der Waals surface area contributed by atoms with Gasteiger partial charge in [0.2, 0.25) is 11.8 Å². The number of carbonyl (C=O) groups is 3. The van der Waals surface area contributed by atoms with Crippen molar-refractivity contribution >= 4 is 45.9 Å². The van der Waals surface area contributed by atoms with Crippen molar-refractivity contribution in [2.45, 2.75) is 44.6 Å². The van der Waals surface area contributed by atoms with Gasteiger partial charge in [-0.3, -0.25) is 14.4 Å². The molecule has 1 aromatic heterocycles. The average molecular weight is 684 g/mol. The smallest absolute Gasteiger partial charge is 0.253 e. The number of anilines is 1. The van der Waals surface area contributed by atoms with Crippen LogP contribution >= 0.6 is 11.6 Å². The summed E-state index contributed by atoms with van der Waals surface area (Å²) in [6.45, 7) is 2.72. The van der Waals surface area contributed by atoms with E-state index in [1.165, 1.54) is 0 Å². The molecule has 10 heteroatoms. The Bertz CT molecular complexity index is 1780. The fraction of sp³-hybridized carbons (Fsp3) is 0.410. The Morgan fingerprint density at radius 3 is 2.51 bits per heavy atom. The second-order valence-electron chi connectivity index (χ2n) is 13.7. The summed E-state index contributed by atoms with van der Waals surface area (Å²) in [6, 6.07) is 20.2. The van der Waals surface area contributed by atoms with Crippen molar-refractivity contribution in [3.05, 3.63) is 94.6 Å². The molecule has 3 heterocycles. The van der Waals surface area contributed by atoms with Gasteiger partial charge in [-0.15, -0.1) is 0 Å². The molecule has 0 aliphatic carbocycles. The number of carbonyl (C=O) groups excluding carboxylic acids is 3. The van der Waals surface area contributed by atoms with Crippen molar-refractivity contribution in [2.75, 3.05) is 52.3 Å². The number of nitrogens with one attached hydrogen (secondary N) is 2. The van der Waals surface area contributed by atoms with Gasteiger partial charge in [-0.1, -0.05) is 29.8 Å². The second-order valence-corrected chi connectivity index (χ2v) is 14.2. The number of methoxy groups -OCH3 is 1. The number of amides is 3. The number of halogens is 1. The normalized spacial score (nSPS) is 17.2. The topological polar surface area (TPSA) is 98.0 Å².